The Kier molecular flexibility index (Phi) is 3.81. The van der Waals surface area contributed by atoms with Crippen LogP contribution in [-0.2, 0) is 4.79 Å². The van der Waals surface area contributed by atoms with Crippen molar-refractivity contribution in [2.45, 2.75) is 26.7 Å². The van der Waals surface area contributed by atoms with E-state index in [0.29, 0.717) is 16.3 Å². The molecule has 0 aliphatic rings. The third-order valence-corrected chi connectivity index (χ3v) is 3.30. The maximum Gasteiger partial charge on any atom is 0.310 e. The van der Waals surface area contributed by atoms with Crippen LogP contribution in [0.5, 0.6) is 5.75 Å². The summed E-state index contributed by atoms with van der Waals surface area (Å²) >= 11 is 6.11. The SMILES string of the molecule is COc1cc(C)c(Cl)c(C)c1C(C)C(=O)O. The number of hydrogen-bond acceptors (Lipinski definition) is 2. The first-order valence-electron chi connectivity index (χ1n) is 4.96. The fourth-order valence-corrected chi connectivity index (χ4v) is 1.92. The number of benzene rings is 1. The topological polar surface area (TPSA) is 46.5 Å². The molecule has 1 atom stereocenters. The summed E-state index contributed by atoms with van der Waals surface area (Å²) in [5, 5.41) is 9.64. The first kappa shape index (κ1) is 12.8. The van der Waals surface area contributed by atoms with E-state index < -0.39 is 11.9 Å². The average Bonchev–Trinajstić information content (AvgIpc) is 2.24. The molecule has 0 aromatic heterocycles. The molecule has 0 aliphatic carbocycles. The Balaban J connectivity index is 3.47. The van der Waals surface area contributed by atoms with Gasteiger partial charge in [0.1, 0.15) is 5.75 Å². The van der Waals surface area contributed by atoms with Gasteiger partial charge < -0.3 is 9.84 Å². The Morgan fingerprint density at radius 1 is 1.50 bits per heavy atom. The molecule has 88 valence electrons. The van der Waals surface area contributed by atoms with Crippen LogP contribution in [0.1, 0.15) is 29.5 Å². The van der Waals surface area contributed by atoms with Gasteiger partial charge in [0.05, 0.1) is 13.0 Å². The normalized spacial score (nSPS) is 12.3. The zero-order chi connectivity index (χ0) is 12.5. The first-order chi connectivity index (χ1) is 7.40. The van der Waals surface area contributed by atoms with Crippen LogP contribution in [0.4, 0.5) is 0 Å². The molecule has 1 rings (SSSR count). The van der Waals surface area contributed by atoms with E-state index in [4.69, 9.17) is 21.4 Å². The molecule has 0 aliphatic heterocycles. The molecule has 0 amide bonds. The molecule has 16 heavy (non-hydrogen) atoms. The molecule has 0 saturated heterocycles. The van der Waals surface area contributed by atoms with E-state index in [9.17, 15) is 4.79 Å². The van der Waals surface area contributed by atoms with Gasteiger partial charge in [-0.2, -0.15) is 0 Å². The lowest BCUT2D eigenvalue weighted by molar-refractivity contribution is -0.138. The zero-order valence-corrected chi connectivity index (χ0v) is 10.6. The van der Waals surface area contributed by atoms with Crippen molar-refractivity contribution in [3.8, 4) is 5.75 Å². The lowest BCUT2D eigenvalue weighted by Crippen LogP contribution is -2.11. The van der Waals surface area contributed by atoms with Gasteiger partial charge in [0.15, 0.2) is 0 Å². The van der Waals surface area contributed by atoms with E-state index in [1.165, 1.54) is 7.11 Å². The maximum absolute atomic E-state index is 11.0. The smallest absolute Gasteiger partial charge is 0.310 e. The van der Waals surface area contributed by atoms with Crippen LogP contribution in [0.25, 0.3) is 0 Å². The Morgan fingerprint density at radius 3 is 2.50 bits per heavy atom. The number of ether oxygens (including phenoxy) is 1. The number of aryl methyl sites for hydroxylation is 1. The molecule has 1 N–H and O–H groups in total. The Hall–Kier alpha value is -1.22. The fraction of sp³-hybridized carbons (Fsp3) is 0.417. The van der Waals surface area contributed by atoms with E-state index in [2.05, 4.69) is 0 Å². The van der Waals surface area contributed by atoms with Crippen molar-refractivity contribution in [2.24, 2.45) is 0 Å². The summed E-state index contributed by atoms with van der Waals surface area (Å²) in [4.78, 5) is 11.0. The highest BCUT2D eigenvalue weighted by molar-refractivity contribution is 6.32. The largest absolute Gasteiger partial charge is 0.496 e. The van der Waals surface area contributed by atoms with Crippen molar-refractivity contribution in [3.05, 3.63) is 27.8 Å². The third-order valence-electron chi connectivity index (χ3n) is 2.72. The Labute approximate surface area is 100.0 Å². The molecular weight excluding hydrogens is 228 g/mol. The van der Waals surface area contributed by atoms with E-state index in [1.807, 2.05) is 13.8 Å². The predicted octanol–water partition coefficient (Wildman–Crippen LogP) is 3.15. The van der Waals surface area contributed by atoms with E-state index in [1.54, 1.807) is 13.0 Å². The molecule has 0 bridgehead atoms. The fourth-order valence-electron chi connectivity index (χ4n) is 1.77. The number of halogens is 1. The summed E-state index contributed by atoms with van der Waals surface area (Å²) in [5.41, 5.74) is 2.30. The molecule has 0 saturated carbocycles. The number of carboxylic acids is 1. The van der Waals surface area contributed by atoms with Gasteiger partial charge in [-0.05, 0) is 38.0 Å². The second kappa shape index (κ2) is 4.74. The molecule has 3 nitrogen and oxygen atoms in total. The number of carboxylic acid groups (broad SMARTS) is 1. The molecule has 1 aromatic rings. The van der Waals surface area contributed by atoms with Crippen LogP contribution < -0.4 is 4.74 Å². The van der Waals surface area contributed by atoms with Crippen LogP contribution in [-0.4, -0.2) is 18.2 Å². The minimum absolute atomic E-state index is 0.578. The minimum atomic E-state index is -0.888. The molecule has 1 unspecified atom stereocenters. The zero-order valence-electron chi connectivity index (χ0n) is 9.80. The molecule has 0 spiro atoms. The summed E-state index contributed by atoms with van der Waals surface area (Å²) in [6.45, 7) is 5.30. The van der Waals surface area contributed by atoms with Crippen molar-refractivity contribution in [3.63, 3.8) is 0 Å². The Morgan fingerprint density at radius 2 is 2.06 bits per heavy atom. The van der Waals surface area contributed by atoms with Crippen LogP contribution in [0, 0.1) is 13.8 Å². The highest BCUT2D eigenvalue weighted by Crippen LogP contribution is 2.36. The minimum Gasteiger partial charge on any atom is -0.496 e. The second-order valence-corrected chi connectivity index (χ2v) is 4.19. The van der Waals surface area contributed by atoms with E-state index in [0.717, 1.165) is 11.1 Å². The van der Waals surface area contributed by atoms with Crippen molar-refractivity contribution in [1.82, 2.24) is 0 Å². The van der Waals surface area contributed by atoms with Crippen LogP contribution in [0.15, 0.2) is 6.07 Å². The van der Waals surface area contributed by atoms with Crippen LogP contribution >= 0.6 is 11.6 Å². The number of hydrogen-bond donors (Lipinski definition) is 1. The van der Waals surface area contributed by atoms with Gasteiger partial charge in [-0.1, -0.05) is 11.6 Å². The van der Waals surface area contributed by atoms with Crippen molar-refractivity contribution < 1.29 is 14.6 Å². The lowest BCUT2D eigenvalue weighted by atomic mass is 9.93. The summed E-state index contributed by atoms with van der Waals surface area (Å²) in [5.74, 6) is -0.941. The molecule has 4 heteroatoms. The second-order valence-electron chi connectivity index (χ2n) is 3.81. The molecular formula is C12H15ClO3. The third kappa shape index (κ3) is 2.14. The van der Waals surface area contributed by atoms with Gasteiger partial charge in [-0.3, -0.25) is 4.79 Å². The standard InChI is InChI=1S/C12H15ClO3/c1-6-5-9(16-4)10(7(2)11(6)13)8(3)12(14)15/h5,8H,1-4H3,(H,14,15). The van der Waals surface area contributed by atoms with Crippen LogP contribution in [0.3, 0.4) is 0 Å². The molecule has 0 radical (unpaired) electrons. The molecule has 0 fully saturated rings. The van der Waals surface area contributed by atoms with E-state index >= 15 is 0 Å². The van der Waals surface area contributed by atoms with E-state index in [-0.39, 0.29) is 0 Å². The number of methoxy groups -OCH3 is 1. The van der Waals surface area contributed by atoms with Gasteiger partial charge in [0.2, 0.25) is 0 Å². The van der Waals surface area contributed by atoms with Gasteiger partial charge in [0.25, 0.3) is 0 Å². The maximum atomic E-state index is 11.0. The summed E-state index contributed by atoms with van der Waals surface area (Å²) in [6.07, 6.45) is 0. The summed E-state index contributed by atoms with van der Waals surface area (Å²) in [7, 11) is 1.53. The highest BCUT2D eigenvalue weighted by atomic mass is 35.5. The van der Waals surface area contributed by atoms with Crippen molar-refractivity contribution >= 4 is 17.6 Å². The predicted molar refractivity (Wildman–Crippen MR) is 63.5 cm³/mol. The summed E-state index contributed by atoms with van der Waals surface area (Å²) in [6, 6.07) is 1.77. The quantitative estimate of drug-likeness (QED) is 0.886. The average molecular weight is 243 g/mol. The van der Waals surface area contributed by atoms with Crippen LogP contribution in [0.2, 0.25) is 5.02 Å². The highest BCUT2D eigenvalue weighted by Gasteiger charge is 2.22. The molecule has 1 aromatic carbocycles. The van der Waals surface area contributed by atoms with Crippen molar-refractivity contribution in [1.29, 1.82) is 0 Å². The monoisotopic (exact) mass is 242 g/mol. The van der Waals surface area contributed by atoms with Crippen molar-refractivity contribution in [2.75, 3.05) is 7.11 Å². The first-order valence-corrected chi connectivity index (χ1v) is 5.34. The Bertz CT molecular complexity index is 427. The number of carbonyl (C=O) groups is 1. The van der Waals surface area contributed by atoms with Gasteiger partial charge in [-0.15, -0.1) is 0 Å². The van der Waals surface area contributed by atoms with Gasteiger partial charge >= 0.3 is 5.97 Å². The summed E-state index contributed by atoms with van der Waals surface area (Å²) < 4.78 is 5.21. The molecule has 0 heterocycles. The van der Waals surface area contributed by atoms with Gasteiger partial charge in [-0.25, -0.2) is 0 Å². The number of rotatable bonds is 3. The van der Waals surface area contributed by atoms with Gasteiger partial charge in [0, 0.05) is 10.6 Å². The number of aliphatic carboxylic acids is 1. The lowest BCUT2D eigenvalue weighted by Gasteiger charge is -2.17.